The molecule has 5 heteroatoms. The number of hydrogen-bond donors (Lipinski definition) is 1. The number of nitrogens with one attached hydrogen (secondary N) is 1. The van der Waals surface area contributed by atoms with Gasteiger partial charge < -0.3 is 14.8 Å². The molecule has 1 rings (SSSR count). The van der Waals surface area contributed by atoms with Crippen LogP contribution in [-0.4, -0.2) is 49.4 Å². The van der Waals surface area contributed by atoms with Crippen molar-refractivity contribution < 1.29 is 14.3 Å². The van der Waals surface area contributed by atoms with Gasteiger partial charge in [0.15, 0.2) is 0 Å². The Bertz CT molecular complexity index is 269. The maximum absolute atomic E-state index is 11.8. The predicted octanol–water partition coefficient (Wildman–Crippen LogP) is 2.22. The molecule has 4 nitrogen and oxygen atoms in total. The summed E-state index contributed by atoms with van der Waals surface area (Å²) < 4.78 is 10.2. The molecule has 1 aliphatic heterocycles. The van der Waals surface area contributed by atoms with Crippen LogP contribution in [0.5, 0.6) is 0 Å². The highest BCUT2D eigenvalue weighted by Crippen LogP contribution is 2.24. The van der Waals surface area contributed by atoms with E-state index in [1.807, 2.05) is 25.6 Å². The predicted molar refractivity (Wildman–Crippen MR) is 79.6 cm³/mol. The zero-order valence-corrected chi connectivity index (χ0v) is 13.2. The van der Waals surface area contributed by atoms with E-state index in [-0.39, 0.29) is 5.97 Å². The molecule has 0 saturated carbocycles. The summed E-state index contributed by atoms with van der Waals surface area (Å²) in [6.07, 6.45) is 4.17. The third kappa shape index (κ3) is 5.71. The van der Waals surface area contributed by atoms with Crippen molar-refractivity contribution in [3.8, 4) is 0 Å². The van der Waals surface area contributed by atoms with Crippen LogP contribution < -0.4 is 5.32 Å². The van der Waals surface area contributed by atoms with E-state index in [9.17, 15) is 4.79 Å². The standard InChI is InChI=1S/C14H27NO3S/c1-4-15-14(2,13(16)17-3)8-5-11-19-12-6-9-18-10-7-12/h12,15H,4-11H2,1-3H3. The number of thioether (sulfide) groups is 1. The summed E-state index contributed by atoms with van der Waals surface area (Å²) in [5.41, 5.74) is -0.542. The second kappa shape index (κ2) is 8.82. The topological polar surface area (TPSA) is 47.6 Å². The Kier molecular flexibility index (Phi) is 7.80. The van der Waals surface area contributed by atoms with Crippen LogP contribution in [0.2, 0.25) is 0 Å². The summed E-state index contributed by atoms with van der Waals surface area (Å²) in [5.74, 6) is 0.938. The van der Waals surface area contributed by atoms with Crippen molar-refractivity contribution in [3.05, 3.63) is 0 Å². The number of carbonyl (C=O) groups excluding carboxylic acids is 1. The molecule has 112 valence electrons. The van der Waals surface area contributed by atoms with Crippen molar-refractivity contribution in [1.82, 2.24) is 5.32 Å². The lowest BCUT2D eigenvalue weighted by Crippen LogP contribution is -2.50. The molecule has 0 aromatic carbocycles. The van der Waals surface area contributed by atoms with Gasteiger partial charge in [0, 0.05) is 18.5 Å². The first-order valence-corrected chi connectivity index (χ1v) is 8.20. The molecule has 1 N–H and O–H groups in total. The van der Waals surface area contributed by atoms with Crippen molar-refractivity contribution >= 4 is 17.7 Å². The van der Waals surface area contributed by atoms with Crippen molar-refractivity contribution in [2.45, 2.75) is 50.3 Å². The molecule has 1 heterocycles. The van der Waals surface area contributed by atoms with E-state index >= 15 is 0 Å². The second-order valence-corrected chi connectivity index (χ2v) is 6.55. The molecule has 0 aromatic rings. The summed E-state index contributed by atoms with van der Waals surface area (Å²) in [6, 6.07) is 0. The molecule has 0 amide bonds. The summed E-state index contributed by atoms with van der Waals surface area (Å²) in [5, 5.41) is 3.98. The summed E-state index contributed by atoms with van der Waals surface area (Å²) >= 11 is 2.02. The molecule has 1 aliphatic rings. The molecule has 0 aromatic heterocycles. The van der Waals surface area contributed by atoms with Crippen LogP contribution in [0.3, 0.4) is 0 Å². The Morgan fingerprint density at radius 2 is 2.16 bits per heavy atom. The van der Waals surface area contributed by atoms with Gasteiger partial charge in [0.1, 0.15) is 5.54 Å². The van der Waals surface area contributed by atoms with Gasteiger partial charge in [-0.25, -0.2) is 0 Å². The highest BCUT2D eigenvalue weighted by Gasteiger charge is 2.32. The third-order valence-corrected chi connectivity index (χ3v) is 5.01. The Hall–Kier alpha value is -0.260. The largest absolute Gasteiger partial charge is 0.468 e. The van der Waals surface area contributed by atoms with Crippen molar-refractivity contribution in [3.63, 3.8) is 0 Å². The molecule has 1 saturated heterocycles. The average Bonchev–Trinajstić information content (AvgIpc) is 2.44. The van der Waals surface area contributed by atoms with Crippen LogP contribution in [0.1, 0.15) is 39.5 Å². The van der Waals surface area contributed by atoms with Gasteiger partial charge in [-0.15, -0.1) is 0 Å². The fourth-order valence-electron chi connectivity index (χ4n) is 2.40. The van der Waals surface area contributed by atoms with Gasteiger partial charge in [-0.2, -0.15) is 11.8 Å². The van der Waals surface area contributed by atoms with Gasteiger partial charge >= 0.3 is 5.97 Å². The fraction of sp³-hybridized carbons (Fsp3) is 0.929. The van der Waals surface area contributed by atoms with Gasteiger partial charge in [-0.1, -0.05) is 6.92 Å². The van der Waals surface area contributed by atoms with Crippen molar-refractivity contribution in [2.75, 3.05) is 32.6 Å². The van der Waals surface area contributed by atoms with E-state index in [0.29, 0.717) is 0 Å². The van der Waals surface area contributed by atoms with Crippen molar-refractivity contribution in [2.24, 2.45) is 0 Å². The summed E-state index contributed by atoms with van der Waals surface area (Å²) in [7, 11) is 1.45. The molecule has 19 heavy (non-hydrogen) atoms. The monoisotopic (exact) mass is 289 g/mol. The lowest BCUT2D eigenvalue weighted by atomic mass is 9.96. The molecule has 0 aliphatic carbocycles. The number of carbonyl (C=O) groups is 1. The molecule has 0 bridgehead atoms. The van der Waals surface area contributed by atoms with Gasteiger partial charge in [0.05, 0.1) is 7.11 Å². The molecular formula is C14H27NO3S. The third-order valence-electron chi connectivity index (χ3n) is 3.55. The maximum atomic E-state index is 11.8. The van der Waals surface area contributed by atoms with Gasteiger partial charge in [0.25, 0.3) is 0 Å². The molecule has 1 atom stereocenters. The van der Waals surface area contributed by atoms with Gasteiger partial charge in [-0.05, 0) is 44.9 Å². The van der Waals surface area contributed by atoms with E-state index in [1.165, 1.54) is 7.11 Å². The van der Waals surface area contributed by atoms with Gasteiger partial charge in [-0.3, -0.25) is 4.79 Å². The Balaban J connectivity index is 2.25. The van der Waals surface area contributed by atoms with E-state index in [1.54, 1.807) is 0 Å². The van der Waals surface area contributed by atoms with E-state index in [4.69, 9.17) is 9.47 Å². The lowest BCUT2D eigenvalue weighted by Gasteiger charge is -2.28. The highest BCUT2D eigenvalue weighted by atomic mass is 32.2. The van der Waals surface area contributed by atoms with E-state index in [0.717, 1.165) is 56.4 Å². The molecule has 1 unspecified atom stereocenters. The van der Waals surface area contributed by atoms with Crippen LogP contribution in [0.15, 0.2) is 0 Å². The number of ether oxygens (including phenoxy) is 2. The Morgan fingerprint density at radius 3 is 2.74 bits per heavy atom. The normalized spacial score (nSPS) is 19.9. The first kappa shape index (κ1) is 16.8. The minimum absolute atomic E-state index is 0.162. The highest BCUT2D eigenvalue weighted by molar-refractivity contribution is 7.99. The average molecular weight is 289 g/mol. The summed E-state index contributed by atoms with van der Waals surface area (Å²) in [6.45, 7) is 6.52. The quantitative estimate of drug-likeness (QED) is 0.548. The van der Waals surface area contributed by atoms with Crippen LogP contribution in [0.25, 0.3) is 0 Å². The number of hydrogen-bond acceptors (Lipinski definition) is 5. The zero-order valence-electron chi connectivity index (χ0n) is 12.4. The molecule has 1 fully saturated rings. The minimum Gasteiger partial charge on any atom is -0.468 e. The number of rotatable bonds is 8. The van der Waals surface area contributed by atoms with Crippen LogP contribution in [-0.2, 0) is 14.3 Å². The molecule has 0 radical (unpaired) electrons. The zero-order chi connectivity index (χ0) is 14.1. The van der Waals surface area contributed by atoms with Crippen LogP contribution in [0.4, 0.5) is 0 Å². The van der Waals surface area contributed by atoms with E-state index in [2.05, 4.69) is 5.32 Å². The smallest absolute Gasteiger partial charge is 0.325 e. The van der Waals surface area contributed by atoms with Crippen molar-refractivity contribution in [1.29, 1.82) is 0 Å². The molecule has 0 spiro atoms. The van der Waals surface area contributed by atoms with Crippen LogP contribution >= 0.6 is 11.8 Å². The summed E-state index contributed by atoms with van der Waals surface area (Å²) in [4.78, 5) is 11.8. The van der Waals surface area contributed by atoms with Gasteiger partial charge in [0.2, 0.25) is 0 Å². The molecular weight excluding hydrogens is 262 g/mol. The van der Waals surface area contributed by atoms with Crippen LogP contribution in [0, 0.1) is 0 Å². The van der Waals surface area contributed by atoms with E-state index < -0.39 is 5.54 Å². The fourth-order valence-corrected chi connectivity index (χ4v) is 3.57. The first-order chi connectivity index (χ1) is 9.12. The number of esters is 1. The lowest BCUT2D eigenvalue weighted by molar-refractivity contribution is -0.148. The maximum Gasteiger partial charge on any atom is 0.325 e. The Morgan fingerprint density at radius 1 is 1.47 bits per heavy atom. The number of likely N-dealkylation sites (N-methyl/N-ethyl adjacent to an activating group) is 1. The second-order valence-electron chi connectivity index (χ2n) is 5.14. The minimum atomic E-state index is -0.542. The number of methoxy groups -OCH3 is 1. The SMILES string of the molecule is CCNC(C)(CCCSC1CCOCC1)C(=O)OC. The first-order valence-electron chi connectivity index (χ1n) is 7.15. The Labute approximate surface area is 121 Å².